The van der Waals surface area contributed by atoms with Gasteiger partial charge < -0.3 is 34.2 Å². The molecule has 4 N–H and O–H groups in total. The van der Waals surface area contributed by atoms with Crippen molar-refractivity contribution in [3.63, 3.8) is 0 Å². The van der Waals surface area contributed by atoms with Crippen molar-refractivity contribution >= 4 is 181 Å². The molecule has 402 valence electrons. The Hall–Kier alpha value is -4.41. The summed E-state index contributed by atoms with van der Waals surface area (Å²) >= 11 is 15.7. The van der Waals surface area contributed by atoms with E-state index in [4.69, 9.17) is 63.2 Å². The molecule has 0 saturated heterocycles. The lowest BCUT2D eigenvalue weighted by molar-refractivity contribution is 0.393. The van der Waals surface area contributed by atoms with E-state index >= 15 is 0 Å². The van der Waals surface area contributed by atoms with Crippen molar-refractivity contribution in [2.24, 2.45) is 14.1 Å². The molecule has 2 aromatic carbocycles. The standard InChI is InChI=1S/C23H24N6O2.C17H15ClN4O2.C5H9N3.S13/c1-11-10-24-29(5)19(11)9-18-22-15-8-20(30-6)16(21-12(2)28-31-13(21)3)7-17(15)27-23(22)26-14(4)25-18;1-7-14(8(2)24-22-7)11-5-12-10(6-13(11)23-4)15-16(18)19-9(3)20-17(15)21-12;1-4-3-7-8(2)5(4)6;1-3-5-7-9-11-13-12-10-8-6-4-2/h7-8,10H,9H2,1-6H3,(H,25,26,27);5-6H,1-4H3,(H,19,20,21);3H,6H2,1-2H3;. The third-order valence-electron chi connectivity index (χ3n) is 11.5. The molecule has 10 aromatic rings. The second kappa shape index (κ2) is 27.5. The highest BCUT2D eigenvalue weighted by molar-refractivity contribution is 8.75. The molecule has 0 saturated carbocycles. The third-order valence-corrected chi connectivity index (χ3v) is 34.0. The molecule has 8 aromatic heterocycles. The molecule has 0 radical (unpaired) electrons. The molecule has 0 aliphatic carbocycles. The third kappa shape index (κ3) is 13.9. The van der Waals surface area contributed by atoms with Gasteiger partial charge in [0.2, 0.25) is 0 Å². The molecule has 0 spiro atoms. The highest BCUT2D eigenvalue weighted by Gasteiger charge is 2.23. The molecule has 17 nitrogen and oxygen atoms in total. The van der Waals surface area contributed by atoms with E-state index in [9.17, 15) is 0 Å². The van der Waals surface area contributed by atoms with Crippen LogP contribution in [0.15, 0.2) is 45.7 Å². The summed E-state index contributed by atoms with van der Waals surface area (Å²) in [5.41, 5.74) is 18.5. The van der Waals surface area contributed by atoms with E-state index in [2.05, 4.69) is 58.4 Å². The van der Waals surface area contributed by atoms with Crippen molar-refractivity contribution in [2.75, 3.05) is 20.0 Å². The number of halogens is 1. The lowest BCUT2D eigenvalue weighted by atomic mass is 10.00. The Morgan fingerprint density at radius 3 is 1.45 bits per heavy atom. The summed E-state index contributed by atoms with van der Waals surface area (Å²) in [6.07, 6.45) is 4.30. The van der Waals surface area contributed by atoms with Crippen LogP contribution in [0.5, 0.6) is 11.5 Å². The molecule has 0 aliphatic heterocycles. The second-order valence-corrected chi connectivity index (χ2v) is 36.0. The number of fused-ring (bicyclic) bond motifs is 6. The Kier molecular flexibility index (Phi) is 21.4. The van der Waals surface area contributed by atoms with Crippen LogP contribution >= 0.6 is 11.6 Å². The number of hydrogen-bond acceptors (Lipinski definition) is 15. The van der Waals surface area contributed by atoms with Gasteiger partial charge in [0, 0.05) is 190 Å². The van der Waals surface area contributed by atoms with Crippen LogP contribution < -0.4 is 15.2 Å². The number of H-pyrrole nitrogens is 2. The zero-order valence-electron chi connectivity index (χ0n) is 42.5. The number of aromatic nitrogens is 12. The summed E-state index contributed by atoms with van der Waals surface area (Å²) in [6.45, 7) is 15.4. The number of anilines is 1. The number of aromatic amines is 2. The zero-order chi connectivity index (χ0) is 54.8. The number of nitrogen functional groups attached to an aromatic ring is 1. The van der Waals surface area contributed by atoms with Crippen molar-refractivity contribution in [1.29, 1.82) is 0 Å². The van der Waals surface area contributed by atoms with Gasteiger partial charge >= 0.3 is 0 Å². The van der Waals surface area contributed by atoms with Gasteiger partial charge in [-0.25, -0.2) is 19.9 Å². The molecule has 8 heterocycles. The van der Waals surface area contributed by atoms with E-state index < -0.39 is 0 Å². The van der Waals surface area contributed by atoms with Crippen LogP contribution in [-0.4, -0.2) is 74.0 Å². The van der Waals surface area contributed by atoms with Crippen LogP contribution in [0.25, 0.3) is 66.1 Å². The minimum absolute atomic E-state index is 0.427. The smallest absolute Gasteiger partial charge is 0.143 e. The maximum Gasteiger partial charge on any atom is 0.143 e. The Balaban J connectivity index is 0.000000165. The van der Waals surface area contributed by atoms with E-state index in [1.165, 1.54) is 17.8 Å². The molecule has 76 heavy (non-hydrogen) atoms. The molecule has 0 unspecified atom stereocenters. The van der Waals surface area contributed by atoms with Crippen LogP contribution in [0, 0.1) is 55.4 Å². The Morgan fingerprint density at radius 2 is 1.05 bits per heavy atom. The van der Waals surface area contributed by atoms with Gasteiger partial charge in [0.15, 0.2) is 0 Å². The van der Waals surface area contributed by atoms with Gasteiger partial charge in [-0.15, -0.1) is 0 Å². The normalized spacial score (nSPS) is 10.6. The SMILES string of the molecule is COc1cc2c(cc1-c1c(C)noc1C)[nH]c1nc(C)nc(Cc3c(C)cnn3C)c12.COc1cc2c(cc1-c1c(C)noc1C)[nH]c1nc(C)nc(Cl)c12.Cc1cnn(C)c1N.S=S=S=S=S=S=S=S=S=S=S=S=S. The maximum atomic E-state index is 6.33. The summed E-state index contributed by atoms with van der Waals surface area (Å²) in [4.78, 5) is 24.9. The summed E-state index contributed by atoms with van der Waals surface area (Å²) in [7, 11) is 25.2. The summed E-state index contributed by atoms with van der Waals surface area (Å²) in [5.74, 6) is 5.07. The van der Waals surface area contributed by atoms with Crippen molar-refractivity contribution in [3.8, 4) is 33.8 Å². The fraction of sp³-hybridized carbons (Fsp3) is 0.289. The van der Waals surface area contributed by atoms with Crippen LogP contribution in [0.2, 0.25) is 5.15 Å². The van der Waals surface area contributed by atoms with Gasteiger partial charge in [0.25, 0.3) is 0 Å². The fourth-order valence-corrected chi connectivity index (χ4v) is 33.2. The first-order chi connectivity index (χ1) is 36.5. The van der Waals surface area contributed by atoms with Crippen LogP contribution in [0.1, 0.15) is 57.1 Å². The average molecular weight is 1290 g/mol. The topological polar surface area (TPSA) is 215 Å². The predicted molar refractivity (Wildman–Crippen MR) is 339 cm³/mol. The molecule has 10 rings (SSSR count). The first-order valence-electron chi connectivity index (χ1n) is 22.1. The lowest BCUT2D eigenvalue weighted by Crippen LogP contribution is -2.04. The summed E-state index contributed by atoms with van der Waals surface area (Å²) in [6, 6.07) is 8.08. The zero-order valence-corrected chi connectivity index (χ0v) is 53.9. The highest BCUT2D eigenvalue weighted by atomic mass is 35.5. The second-order valence-electron chi connectivity index (χ2n) is 16.2. The monoisotopic (exact) mass is 1290 g/mol. The van der Waals surface area contributed by atoms with E-state index in [0.717, 1.165) is 129 Å². The van der Waals surface area contributed by atoms with E-state index in [-0.39, 0.29) is 0 Å². The van der Waals surface area contributed by atoms with Crippen molar-refractivity contribution < 1.29 is 18.5 Å². The van der Waals surface area contributed by atoms with Gasteiger partial charge in [0.05, 0.1) is 60.2 Å². The Morgan fingerprint density at radius 1 is 0.605 bits per heavy atom. The average Bonchev–Trinajstić information content (AvgIpc) is 4.27. The number of hydrogen-bond donors (Lipinski definition) is 3. The molecule has 0 aliphatic rings. The van der Waals surface area contributed by atoms with Crippen LogP contribution in [0.4, 0.5) is 5.82 Å². The number of nitrogens with two attached hydrogens (primary N) is 1. The number of nitrogens with one attached hydrogen (secondary N) is 2. The molecular weight excluding hydrogens is 1240 g/mol. The predicted octanol–water partition coefficient (Wildman–Crippen LogP) is 8.97. The molecule has 0 amide bonds. The highest BCUT2D eigenvalue weighted by Crippen LogP contribution is 2.42. The molecule has 0 bridgehead atoms. The number of ether oxygens (including phenoxy) is 2. The largest absolute Gasteiger partial charge is 0.496 e. The Labute approximate surface area is 483 Å². The minimum atomic E-state index is 0.427. The first kappa shape index (κ1) is 59.3. The van der Waals surface area contributed by atoms with E-state index in [1.54, 1.807) is 105 Å². The van der Waals surface area contributed by atoms with Gasteiger partial charge in [-0.2, -0.15) is 10.2 Å². The van der Waals surface area contributed by atoms with Crippen molar-refractivity contribution in [1.82, 2.24) is 59.8 Å². The first-order valence-corrected chi connectivity index (χ1v) is 38.4. The fourth-order valence-electron chi connectivity index (χ4n) is 8.14. The lowest BCUT2D eigenvalue weighted by Gasteiger charge is -2.10. The minimum Gasteiger partial charge on any atom is -0.496 e. The molecular formula is C45H48ClN13O4S13. The number of nitrogens with zero attached hydrogens (tertiary/aromatic N) is 10. The maximum absolute atomic E-state index is 6.33. The van der Waals surface area contributed by atoms with Crippen molar-refractivity contribution in [3.05, 3.63) is 98.9 Å². The molecule has 0 fully saturated rings. The van der Waals surface area contributed by atoms with Crippen LogP contribution in [-0.2, 0) is 141 Å². The van der Waals surface area contributed by atoms with Crippen molar-refractivity contribution in [2.45, 2.75) is 61.8 Å². The molecule has 0 atom stereocenters. The number of rotatable bonds is 6. The van der Waals surface area contributed by atoms with E-state index in [0.29, 0.717) is 23.0 Å². The summed E-state index contributed by atoms with van der Waals surface area (Å²) in [5, 5.41) is 20.6. The van der Waals surface area contributed by atoms with E-state index in [1.807, 2.05) is 91.6 Å². The number of aryl methyl sites for hydroxylation is 10. The number of benzene rings is 2. The van der Waals surface area contributed by atoms with Gasteiger partial charge in [-0.1, -0.05) is 21.9 Å². The van der Waals surface area contributed by atoms with Gasteiger partial charge in [-0.3, -0.25) is 9.36 Å². The number of methoxy groups -OCH3 is 2. The van der Waals surface area contributed by atoms with Crippen LogP contribution in [0.3, 0.4) is 0 Å². The quantitative estimate of drug-likeness (QED) is 0.133. The summed E-state index contributed by atoms with van der Waals surface area (Å²) < 4.78 is 25.6. The Bertz CT molecular complexity index is 4230. The van der Waals surface area contributed by atoms with Gasteiger partial charge in [-0.05, 0) is 85.2 Å². The molecule has 31 heteroatoms. The van der Waals surface area contributed by atoms with Gasteiger partial charge in [0.1, 0.15) is 56.9 Å².